The quantitative estimate of drug-likeness (QED) is 0.839. The number of hydrogen-bond donors (Lipinski definition) is 1. The second kappa shape index (κ2) is 7.35. The molecule has 1 aliphatic rings. The number of carbonyl (C=O) groups excluding carboxylic acids is 1. The second-order valence-corrected chi connectivity index (χ2v) is 7.25. The molecule has 1 aromatic carbocycles. The van der Waals surface area contributed by atoms with Gasteiger partial charge in [0.1, 0.15) is 0 Å². The minimum atomic E-state index is -0.0351. The molecule has 23 heavy (non-hydrogen) atoms. The van der Waals surface area contributed by atoms with Crippen LogP contribution >= 0.6 is 0 Å². The number of anilines is 1. The van der Waals surface area contributed by atoms with Gasteiger partial charge in [-0.15, -0.1) is 0 Å². The number of hydrogen-bond acceptors (Lipinski definition) is 3. The van der Waals surface area contributed by atoms with Crippen LogP contribution in [0.3, 0.4) is 0 Å². The average molecular weight is 317 g/mol. The molecule has 1 amide bonds. The Labute approximate surface area is 140 Å². The molecular weight excluding hydrogens is 286 g/mol. The fourth-order valence-electron chi connectivity index (χ4n) is 3.49. The van der Waals surface area contributed by atoms with E-state index in [1.165, 1.54) is 12.1 Å². The Morgan fingerprint density at radius 1 is 1.22 bits per heavy atom. The van der Waals surface area contributed by atoms with Crippen LogP contribution in [0.4, 0.5) is 5.69 Å². The first-order valence-corrected chi connectivity index (χ1v) is 8.71. The lowest BCUT2D eigenvalue weighted by Gasteiger charge is -2.44. The van der Waals surface area contributed by atoms with E-state index in [4.69, 9.17) is 0 Å². The van der Waals surface area contributed by atoms with Crippen LogP contribution < -0.4 is 10.2 Å². The minimum absolute atomic E-state index is 0.0351. The van der Waals surface area contributed by atoms with Crippen LogP contribution in [0.15, 0.2) is 24.3 Å². The lowest BCUT2D eigenvalue weighted by molar-refractivity contribution is 0.0773. The van der Waals surface area contributed by atoms with E-state index in [0.717, 1.165) is 31.5 Å². The van der Waals surface area contributed by atoms with Gasteiger partial charge in [-0.25, -0.2) is 0 Å². The van der Waals surface area contributed by atoms with Gasteiger partial charge in [-0.05, 0) is 78.4 Å². The molecule has 1 fully saturated rings. The van der Waals surface area contributed by atoms with Gasteiger partial charge in [0.2, 0.25) is 0 Å². The summed E-state index contributed by atoms with van der Waals surface area (Å²) in [6.45, 7) is 8.41. The third kappa shape index (κ3) is 4.25. The van der Waals surface area contributed by atoms with Crippen molar-refractivity contribution in [1.29, 1.82) is 0 Å². The number of nitrogens with zero attached hydrogens (tertiary/aromatic N) is 2. The Kier molecular flexibility index (Phi) is 5.69. The molecule has 4 nitrogen and oxygen atoms in total. The first-order valence-electron chi connectivity index (χ1n) is 8.71. The van der Waals surface area contributed by atoms with E-state index < -0.39 is 0 Å². The summed E-state index contributed by atoms with van der Waals surface area (Å²) in [5.74, 6) is 0.0469. The third-order valence-corrected chi connectivity index (χ3v) is 4.73. The number of benzene rings is 1. The van der Waals surface area contributed by atoms with Gasteiger partial charge in [0.25, 0.3) is 5.91 Å². The zero-order valence-electron chi connectivity index (χ0n) is 15.2. The van der Waals surface area contributed by atoms with Crippen LogP contribution in [0.5, 0.6) is 0 Å². The number of carbonyl (C=O) groups is 1. The molecule has 1 N–H and O–H groups in total. The molecule has 4 heteroatoms. The van der Waals surface area contributed by atoms with E-state index in [2.05, 4.69) is 62.1 Å². The summed E-state index contributed by atoms with van der Waals surface area (Å²) in [5.41, 5.74) is 1.89. The van der Waals surface area contributed by atoms with Gasteiger partial charge in [0, 0.05) is 30.4 Å². The van der Waals surface area contributed by atoms with Crippen molar-refractivity contribution in [3.05, 3.63) is 29.8 Å². The van der Waals surface area contributed by atoms with Crippen molar-refractivity contribution in [2.45, 2.75) is 51.6 Å². The molecule has 128 valence electrons. The van der Waals surface area contributed by atoms with Crippen molar-refractivity contribution in [2.24, 2.45) is 0 Å². The standard InChI is InChI=1S/C19H31N3O/c1-6-22(15(2)3)17-10-8-16(9-11-17)18(23)20-19(12-7-13-19)14-21(4)5/h8-11,15H,6-7,12-14H2,1-5H3,(H,20,23). The molecule has 1 saturated carbocycles. The van der Waals surface area contributed by atoms with Gasteiger partial charge in [0.15, 0.2) is 0 Å². The second-order valence-electron chi connectivity index (χ2n) is 7.25. The molecule has 0 atom stereocenters. The highest BCUT2D eigenvalue weighted by molar-refractivity contribution is 5.95. The van der Waals surface area contributed by atoms with Crippen molar-refractivity contribution in [3.63, 3.8) is 0 Å². The Bertz CT molecular complexity index is 518. The van der Waals surface area contributed by atoms with Crippen molar-refractivity contribution in [3.8, 4) is 0 Å². The minimum Gasteiger partial charge on any atom is -0.369 e. The van der Waals surface area contributed by atoms with Gasteiger partial charge in [0.05, 0.1) is 5.54 Å². The maximum Gasteiger partial charge on any atom is 0.251 e. The first-order chi connectivity index (χ1) is 10.9. The van der Waals surface area contributed by atoms with E-state index in [-0.39, 0.29) is 11.4 Å². The summed E-state index contributed by atoms with van der Waals surface area (Å²) in [6, 6.07) is 8.45. The first kappa shape index (κ1) is 17.8. The number of likely N-dealkylation sites (N-methyl/N-ethyl adjacent to an activating group) is 1. The molecule has 0 bridgehead atoms. The number of nitrogens with one attached hydrogen (secondary N) is 1. The monoisotopic (exact) mass is 317 g/mol. The summed E-state index contributed by atoms with van der Waals surface area (Å²) in [6.07, 6.45) is 3.35. The summed E-state index contributed by atoms with van der Waals surface area (Å²) in [4.78, 5) is 17.1. The lowest BCUT2D eigenvalue weighted by atomic mass is 9.76. The van der Waals surface area contributed by atoms with E-state index >= 15 is 0 Å². The zero-order chi connectivity index (χ0) is 17.0. The lowest BCUT2D eigenvalue weighted by Crippen LogP contribution is -2.58. The van der Waals surface area contributed by atoms with Gasteiger partial charge in [-0.1, -0.05) is 0 Å². The molecular formula is C19H31N3O. The van der Waals surface area contributed by atoms with E-state index in [1.807, 2.05) is 12.1 Å². The van der Waals surface area contributed by atoms with Crippen molar-refractivity contribution < 1.29 is 4.79 Å². The highest BCUT2D eigenvalue weighted by atomic mass is 16.1. The van der Waals surface area contributed by atoms with Crippen molar-refractivity contribution >= 4 is 11.6 Å². The van der Waals surface area contributed by atoms with Crippen LogP contribution in [0.2, 0.25) is 0 Å². The molecule has 0 radical (unpaired) electrons. The SMILES string of the molecule is CCN(c1ccc(C(=O)NC2(CN(C)C)CCC2)cc1)C(C)C. The van der Waals surface area contributed by atoms with Crippen molar-refractivity contribution in [1.82, 2.24) is 10.2 Å². The van der Waals surface area contributed by atoms with Gasteiger partial charge in [-0.3, -0.25) is 4.79 Å². The number of amides is 1. The predicted octanol–water partition coefficient (Wildman–Crippen LogP) is 3.14. The maximum absolute atomic E-state index is 12.6. The summed E-state index contributed by atoms with van der Waals surface area (Å²) in [7, 11) is 4.12. The normalized spacial score (nSPS) is 16.3. The topological polar surface area (TPSA) is 35.6 Å². The summed E-state index contributed by atoms with van der Waals surface area (Å²) in [5, 5.41) is 3.27. The van der Waals surface area contributed by atoms with Crippen LogP contribution in [-0.2, 0) is 0 Å². The molecule has 0 saturated heterocycles. The summed E-state index contributed by atoms with van der Waals surface area (Å²) >= 11 is 0. The van der Waals surface area contributed by atoms with Crippen molar-refractivity contribution in [2.75, 3.05) is 32.1 Å². The molecule has 1 aromatic rings. The maximum atomic E-state index is 12.6. The molecule has 0 spiro atoms. The zero-order valence-corrected chi connectivity index (χ0v) is 15.2. The van der Waals surface area contributed by atoms with Gasteiger partial charge < -0.3 is 15.1 Å². The smallest absolute Gasteiger partial charge is 0.251 e. The third-order valence-electron chi connectivity index (χ3n) is 4.73. The largest absolute Gasteiger partial charge is 0.369 e. The fourth-order valence-corrected chi connectivity index (χ4v) is 3.49. The van der Waals surface area contributed by atoms with E-state index in [9.17, 15) is 4.79 Å². The Hall–Kier alpha value is -1.55. The average Bonchev–Trinajstić information content (AvgIpc) is 2.45. The van der Waals surface area contributed by atoms with Crippen LogP contribution in [0.25, 0.3) is 0 Å². The predicted molar refractivity (Wildman–Crippen MR) is 97.2 cm³/mol. The molecule has 0 unspecified atom stereocenters. The molecule has 1 aliphatic carbocycles. The van der Waals surface area contributed by atoms with E-state index in [1.54, 1.807) is 0 Å². The Morgan fingerprint density at radius 3 is 2.22 bits per heavy atom. The van der Waals surface area contributed by atoms with Gasteiger partial charge in [-0.2, -0.15) is 0 Å². The molecule has 0 aromatic heterocycles. The van der Waals surface area contributed by atoms with Crippen LogP contribution in [0.1, 0.15) is 50.4 Å². The fraction of sp³-hybridized carbons (Fsp3) is 0.632. The Balaban J connectivity index is 2.05. The van der Waals surface area contributed by atoms with Crippen LogP contribution in [-0.4, -0.2) is 49.6 Å². The highest BCUT2D eigenvalue weighted by Crippen LogP contribution is 2.32. The highest BCUT2D eigenvalue weighted by Gasteiger charge is 2.38. The Morgan fingerprint density at radius 2 is 1.83 bits per heavy atom. The molecule has 2 rings (SSSR count). The summed E-state index contributed by atoms with van der Waals surface area (Å²) < 4.78 is 0. The molecule has 0 aliphatic heterocycles. The van der Waals surface area contributed by atoms with E-state index in [0.29, 0.717) is 6.04 Å². The van der Waals surface area contributed by atoms with Crippen LogP contribution in [0, 0.1) is 0 Å². The van der Waals surface area contributed by atoms with Gasteiger partial charge >= 0.3 is 0 Å². The number of rotatable bonds is 7. The molecule has 0 heterocycles.